The molecule has 4 nitrogen and oxygen atoms in total. The molecule has 23 heavy (non-hydrogen) atoms. The Morgan fingerprint density at radius 2 is 1.83 bits per heavy atom. The minimum atomic E-state index is -0.213. The van der Waals surface area contributed by atoms with Crippen molar-refractivity contribution in [3.63, 3.8) is 0 Å². The van der Waals surface area contributed by atoms with Crippen molar-refractivity contribution >= 4 is 11.9 Å². The molecule has 0 heterocycles. The molecule has 4 heteroatoms. The Bertz CT molecular complexity index is 471. The molecule has 1 aromatic carbocycles. The first-order valence-electron chi connectivity index (χ1n) is 8.47. The van der Waals surface area contributed by atoms with Crippen LogP contribution in [0.25, 0.3) is 0 Å². The van der Waals surface area contributed by atoms with Crippen LogP contribution in [0.3, 0.4) is 0 Å². The molecule has 0 saturated heterocycles. The number of esters is 1. The van der Waals surface area contributed by atoms with Crippen molar-refractivity contribution in [2.45, 2.75) is 46.5 Å². The molecule has 0 unspecified atom stereocenters. The molecule has 1 N–H and O–H groups in total. The van der Waals surface area contributed by atoms with Gasteiger partial charge in [-0.3, -0.25) is 9.59 Å². The molecular weight excluding hydrogens is 290 g/mol. The van der Waals surface area contributed by atoms with Gasteiger partial charge in [0.25, 0.3) is 0 Å². The van der Waals surface area contributed by atoms with E-state index in [0.29, 0.717) is 31.9 Å². The van der Waals surface area contributed by atoms with Gasteiger partial charge in [0.2, 0.25) is 5.91 Å². The summed E-state index contributed by atoms with van der Waals surface area (Å²) in [7, 11) is 0. The number of amides is 1. The molecule has 1 atom stereocenters. The third-order valence-corrected chi connectivity index (χ3v) is 3.62. The van der Waals surface area contributed by atoms with Crippen LogP contribution in [0.4, 0.5) is 0 Å². The second-order valence-corrected chi connectivity index (χ2v) is 6.29. The normalized spacial score (nSPS) is 12.0. The first-order chi connectivity index (χ1) is 11.0. The lowest BCUT2D eigenvalue weighted by Crippen LogP contribution is -2.29. The van der Waals surface area contributed by atoms with E-state index in [1.165, 1.54) is 5.56 Å². The summed E-state index contributed by atoms with van der Waals surface area (Å²) in [6.45, 7) is 7.01. The molecular formula is C19H29NO3. The maximum atomic E-state index is 12.1. The highest BCUT2D eigenvalue weighted by molar-refractivity contribution is 5.77. The van der Waals surface area contributed by atoms with Crippen LogP contribution < -0.4 is 5.32 Å². The van der Waals surface area contributed by atoms with Crippen LogP contribution >= 0.6 is 0 Å². The molecule has 0 aliphatic rings. The molecule has 0 bridgehead atoms. The highest BCUT2D eigenvalue weighted by atomic mass is 16.5. The number of rotatable bonds is 10. The van der Waals surface area contributed by atoms with Crippen LogP contribution in [0, 0.1) is 11.8 Å². The topological polar surface area (TPSA) is 55.4 Å². The Kier molecular flexibility index (Phi) is 9.03. The number of ether oxygens (including phenoxy) is 1. The van der Waals surface area contributed by atoms with Crippen LogP contribution in [0.2, 0.25) is 0 Å². The molecule has 0 saturated carbocycles. The van der Waals surface area contributed by atoms with Gasteiger partial charge in [-0.15, -0.1) is 0 Å². The largest absolute Gasteiger partial charge is 0.466 e. The van der Waals surface area contributed by atoms with Crippen molar-refractivity contribution in [1.29, 1.82) is 0 Å². The van der Waals surface area contributed by atoms with E-state index in [-0.39, 0.29) is 17.8 Å². The fourth-order valence-corrected chi connectivity index (χ4v) is 2.69. The van der Waals surface area contributed by atoms with E-state index in [1.54, 1.807) is 6.92 Å². The Balaban J connectivity index is 2.38. The lowest BCUT2D eigenvalue weighted by Gasteiger charge is -2.18. The van der Waals surface area contributed by atoms with Crippen LogP contribution in [-0.2, 0) is 20.7 Å². The van der Waals surface area contributed by atoms with Gasteiger partial charge in [-0.25, -0.2) is 0 Å². The first kappa shape index (κ1) is 19.2. The monoisotopic (exact) mass is 319 g/mol. The average Bonchev–Trinajstić information content (AvgIpc) is 2.47. The maximum Gasteiger partial charge on any atom is 0.306 e. The third-order valence-electron chi connectivity index (χ3n) is 3.62. The molecule has 0 aliphatic carbocycles. The van der Waals surface area contributed by atoms with Crippen molar-refractivity contribution < 1.29 is 14.3 Å². The fraction of sp³-hybridized carbons (Fsp3) is 0.579. The van der Waals surface area contributed by atoms with Crippen molar-refractivity contribution in [2.75, 3.05) is 13.2 Å². The van der Waals surface area contributed by atoms with Crippen LogP contribution in [-0.4, -0.2) is 25.0 Å². The van der Waals surface area contributed by atoms with Crippen LogP contribution in [0.15, 0.2) is 30.3 Å². The van der Waals surface area contributed by atoms with E-state index in [2.05, 4.69) is 31.3 Å². The summed E-state index contributed by atoms with van der Waals surface area (Å²) in [6, 6.07) is 10.1. The minimum Gasteiger partial charge on any atom is -0.466 e. The second kappa shape index (κ2) is 10.8. The van der Waals surface area contributed by atoms with E-state index in [9.17, 15) is 9.59 Å². The smallest absolute Gasteiger partial charge is 0.306 e. The summed E-state index contributed by atoms with van der Waals surface area (Å²) in [5.41, 5.74) is 1.21. The molecule has 0 fully saturated rings. The van der Waals surface area contributed by atoms with Gasteiger partial charge in [0.15, 0.2) is 0 Å². The number of carbonyl (C=O) groups excluding carboxylic acids is 2. The third kappa shape index (κ3) is 9.01. The van der Waals surface area contributed by atoms with E-state index >= 15 is 0 Å². The number of hydrogen-bond donors (Lipinski definition) is 1. The van der Waals surface area contributed by atoms with Crippen molar-refractivity contribution in [1.82, 2.24) is 5.32 Å². The summed E-state index contributed by atoms with van der Waals surface area (Å²) in [5.74, 6) is 0.295. The molecule has 1 aromatic rings. The quantitative estimate of drug-likeness (QED) is 0.673. The molecule has 128 valence electrons. The van der Waals surface area contributed by atoms with Crippen molar-refractivity contribution in [3.8, 4) is 0 Å². The highest BCUT2D eigenvalue weighted by Crippen LogP contribution is 2.19. The Labute approximate surface area is 139 Å². The molecule has 1 amide bonds. The van der Waals surface area contributed by atoms with Gasteiger partial charge < -0.3 is 10.1 Å². The summed E-state index contributed by atoms with van der Waals surface area (Å²) < 4.78 is 5.00. The molecule has 0 aromatic heterocycles. The lowest BCUT2D eigenvalue weighted by atomic mass is 9.91. The predicted molar refractivity (Wildman–Crippen MR) is 92.0 cm³/mol. The van der Waals surface area contributed by atoms with Crippen LogP contribution in [0.1, 0.15) is 45.6 Å². The zero-order valence-corrected chi connectivity index (χ0v) is 14.5. The number of carbonyl (C=O) groups is 2. The number of benzene rings is 1. The maximum absolute atomic E-state index is 12.1. The van der Waals surface area contributed by atoms with Gasteiger partial charge in [0.1, 0.15) is 0 Å². The lowest BCUT2D eigenvalue weighted by molar-refractivity contribution is -0.144. The van der Waals surface area contributed by atoms with E-state index in [0.717, 1.165) is 12.8 Å². The first-order valence-corrected chi connectivity index (χ1v) is 8.47. The van der Waals surface area contributed by atoms with Crippen molar-refractivity contribution in [2.24, 2.45) is 11.8 Å². The van der Waals surface area contributed by atoms with Crippen LogP contribution in [0.5, 0.6) is 0 Å². The number of hydrogen-bond acceptors (Lipinski definition) is 3. The molecule has 0 spiro atoms. The predicted octanol–water partition coefficient (Wildman–Crippen LogP) is 3.35. The summed E-state index contributed by atoms with van der Waals surface area (Å²) in [5, 5.41) is 2.95. The molecule has 0 radical (unpaired) electrons. The van der Waals surface area contributed by atoms with Gasteiger partial charge in [0.05, 0.1) is 6.61 Å². The zero-order valence-electron chi connectivity index (χ0n) is 14.5. The number of nitrogens with one attached hydrogen (secondary N) is 1. The van der Waals surface area contributed by atoms with Crippen molar-refractivity contribution in [3.05, 3.63) is 35.9 Å². The van der Waals surface area contributed by atoms with E-state index < -0.39 is 0 Å². The van der Waals surface area contributed by atoms with E-state index in [1.807, 2.05) is 18.2 Å². The minimum absolute atomic E-state index is 0.0101. The SMILES string of the molecule is CCOC(=O)C[C@H](CC(=O)NCCc1ccccc1)CC(C)C. The van der Waals surface area contributed by atoms with Gasteiger partial charge in [-0.05, 0) is 37.2 Å². The summed E-state index contributed by atoms with van der Waals surface area (Å²) in [6.07, 6.45) is 2.37. The van der Waals surface area contributed by atoms with Gasteiger partial charge >= 0.3 is 5.97 Å². The summed E-state index contributed by atoms with van der Waals surface area (Å²) in [4.78, 5) is 23.8. The summed E-state index contributed by atoms with van der Waals surface area (Å²) >= 11 is 0. The van der Waals surface area contributed by atoms with Gasteiger partial charge in [-0.2, -0.15) is 0 Å². The Morgan fingerprint density at radius 1 is 1.13 bits per heavy atom. The second-order valence-electron chi connectivity index (χ2n) is 6.29. The standard InChI is InChI=1S/C19H29NO3/c1-4-23-19(22)14-17(12-15(2)3)13-18(21)20-11-10-16-8-6-5-7-9-16/h5-9,15,17H,4,10-14H2,1-3H3,(H,20,21)/t17-/m0/s1. The zero-order chi connectivity index (χ0) is 17.1. The fourth-order valence-electron chi connectivity index (χ4n) is 2.69. The Morgan fingerprint density at radius 3 is 2.43 bits per heavy atom. The van der Waals surface area contributed by atoms with Gasteiger partial charge in [-0.1, -0.05) is 44.2 Å². The Hall–Kier alpha value is -1.84. The molecule has 0 aliphatic heterocycles. The van der Waals surface area contributed by atoms with E-state index in [4.69, 9.17) is 4.74 Å². The van der Waals surface area contributed by atoms with Gasteiger partial charge in [0, 0.05) is 19.4 Å². The highest BCUT2D eigenvalue weighted by Gasteiger charge is 2.19. The molecule has 1 rings (SSSR count). The average molecular weight is 319 g/mol.